The fraction of sp³-hybridized carbons (Fsp3) is 0.680. The van der Waals surface area contributed by atoms with Crippen molar-refractivity contribution in [2.45, 2.75) is 99.3 Å². The van der Waals surface area contributed by atoms with Crippen LogP contribution >= 0.6 is 0 Å². The smallest absolute Gasteiger partial charge is 0.163 e. The van der Waals surface area contributed by atoms with E-state index in [1.807, 2.05) is 6.08 Å². The molecule has 0 spiro atoms. The Balaban J connectivity index is 1.92. The molecule has 0 N–H and O–H groups in total. The van der Waals surface area contributed by atoms with E-state index in [2.05, 4.69) is 41.5 Å². The number of ketones is 2. The molecule has 0 amide bonds. The van der Waals surface area contributed by atoms with Crippen molar-refractivity contribution in [1.29, 1.82) is 0 Å². The molecule has 150 valence electrons. The molecule has 2 aliphatic carbocycles. The van der Waals surface area contributed by atoms with Gasteiger partial charge in [0.15, 0.2) is 5.78 Å². The van der Waals surface area contributed by atoms with Gasteiger partial charge in [0.2, 0.25) is 0 Å². The van der Waals surface area contributed by atoms with Gasteiger partial charge in [-0.3, -0.25) is 9.59 Å². The van der Waals surface area contributed by atoms with E-state index < -0.39 is 0 Å². The van der Waals surface area contributed by atoms with Crippen molar-refractivity contribution in [3.8, 4) is 0 Å². The van der Waals surface area contributed by atoms with Crippen molar-refractivity contribution in [3.05, 3.63) is 34.4 Å². The highest BCUT2D eigenvalue weighted by molar-refractivity contribution is 6.04. The van der Waals surface area contributed by atoms with Crippen LogP contribution < -0.4 is 0 Å². The first kappa shape index (κ1) is 21.9. The third kappa shape index (κ3) is 5.77. The third-order valence-corrected chi connectivity index (χ3v) is 6.69. The first-order valence-corrected chi connectivity index (χ1v) is 10.6. The lowest BCUT2D eigenvalue weighted by molar-refractivity contribution is -0.124. The van der Waals surface area contributed by atoms with Gasteiger partial charge in [0.05, 0.1) is 6.42 Å². The second-order valence-corrected chi connectivity index (χ2v) is 9.94. The number of allylic oxidation sites excluding steroid dienone is 6. The Morgan fingerprint density at radius 3 is 2.11 bits per heavy atom. The fourth-order valence-electron chi connectivity index (χ4n) is 5.02. The fourth-order valence-corrected chi connectivity index (χ4v) is 5.02. The molecule has 0 saturated heterocycles. The van der Waals surface area contributed by atoms with Crippen LogP contribution in [0, 0.1) is 10.8 Å². The Morgan fingerprint density at radius 1 is 0.926 bits per heavy atom. The molecule has 0 atom stereocenters. The van der Waals surface area contributed by atoms with Gasteiger partial charge < -0.3 is 0 Å². The molecular formula is C25H38O2. The molecule has 0 aliphatic heterocycles. The van der Waals surface area contributed by atoms with E-state index in [0.29, 0.717) is 6.42 Å². The largest absolute Gasteiger partial charge is 0.299 e. The van der Waals surface area contributed by atoms with Crippen LogP contribution in [0.2, 0.25) is 0 Å². The summed E-state index contributed by atoms with van der Waals surface area (Å²) in [7, 11) is 0. The zero-order valence-corrected chi connectivity index (χ0v) is 18.3. The van der Waals surface area contributed by atoms with E-state index >= 15 is 0 Å². The van der Waals surface area contributed by atoms with E-state index in [1.165, 1.54) is 41.6 Å². The number of hydrogen-bond acceptors (Lipinski definition) is 2. The minimum atomic E-state index is -0.0599. The second kappa shape index (κ2) is 8.71. The van der Waals surface area contributed by atoms with Gasteiger partial charge in [-0.1, -0.05) is 50.5 Å². The predicted octanol–water partition coefficient (Wildman–Crippen LogP) is 6.90. The third-order valence-electron chi connectivity index (χ3n) is 6.69. The summed E-state index contributed by atoms with van der Waals surface area (Å²) in [5, 5.41) is 0. The Morgan fingerprint density at radius 2 is 1.52 bits per heavy atom. The maximum Gasteiger partial charge on any atom is 0.163 e. The molecule has 0 aromatic rings. The van der Waals surface area contributed by atoms with Gasteiger partial charge in [-0.05, 0) is 81.3 Å². The van der Waals surface area contributed by atoms with Crippen LogP contribution in [0.25, 0.3) is 0 Å². The standard InChI is InChI=1S/C25H38O2/c1-18-9-7-15-24(3,4)22(18)13-11-20(26)17-21(27)12-14-23-19(2)10-8-16-25(23,5)6/h11,13H,7-10,12,14-17H2,1-6H3/b13-11+. The van der Waals surface area contributed by atoms with E-state index in [-0.39, 0.29) is 28.8 Å². The van der Waals surface area contributed by atoms with Gasteiger partial charge in [0, 0.05) is 6.42 Å². The monoisotopic (exact) mass is 370 g/mol. The molecule has 0 bridgehead atoms. The predicted molar refractivity (Wildman–Crippen MR) is 114 cm³/mol. The second-order valence-electron chi connectivity index (χ2n) is 9.94. The summed E-state index contributed by atoms with van der Waals surface area (Å²) in [5.41, 5.74) is 5.87. The summed E-state index contributed by atoms with van der Waals surface area (Å²) in [6.07, 6.45) is 12.0. The normalized spacial score (nSPS) is 22.4. The van der Waals surface area contributed by atoms with Crippen molar-refractivity contribution in [1.82, 2.24) is 0 Å². The highest BCUT2D eigenvalue weighted by Gasteiger charge is 2.29. The number of hydrogen-bond donors (Lipinski definition) is 0. The zero-order valence-electron chi connectivity index (χ0n) is 18.3. The highest BCUT2D eigenvalue weighted by Crippen LogP contribution is 2.42. The molecule has 27 heavy (non-hydrogen) atoms. The van der Waals surface area contributed by atoms with E-state index in [4.69, 9.17) is 0 Å². The number of Topliss-reactive ketones (excluding diaryl/α,β-unsaturated/α-hetero) is 1. The van der Waals surface area contributed by atoms with Crippen LogP contribution in [0.5, 0.6) is 0 Å². The van der Waals surface area contributed by atoms with Crippen LogP contribution in [0.4, 0.5) is 0 Å². The quantitative estimate of drug-likeness (QED) is 0.277. The highest BCUT2D eigenvalue weighted by atomic mass is 16.1. The maximum atomic E-state index is 12.4. The van der Waals surface area contributed by atoms with Crippen LogP contribution in [0.1, 0.15) is 99.3 Å². The SMILES string of the molecule is CC1=C(/C=C/C(=O)CC(=O)CCC2=C(C)CCCC2(C)C)C(C)(C)CCC1. The van der Waals surface area contributed by atoms with E-state index in [1.54, 1.807) is 6.08 Å². The maximum absolute atomic E-state index is 12.4. The van der Waals surface area contributed by atoms with Crippen LogP contribution in [-0.2, 0) is 9.59 Å². The van der Waals surface area contributed by atoms with Crippen molar-refractivity contribution < 1.29 is 9.59 Å². The van der Waals surface area contributed by atoms with E-state index in [9.17, 15) is 9.59 Å². The van der Waals surface area contributed by atoms with Crippen molar-refractivity contribution in [2.75, 3.05) is 0 Å². The Labute approximate surface area is 166 Å². The van der Waals surface area contributed by atoms with Gasteiger partial charge in [0.25, 0.3) is 0 Å². The average molecular weight is 371 g/mol. The first-order chi connectivity index (χ1) is 12.5. The van der Waals surface area contributed by atoms with E-state index in [0.717, 1.165) is 25.7 Å². The lowest BCUT2D eigenvalue weighted by atomic mass is 9.71. The molecule has 0 aromatic heterocycles. The number of carbonyl (C=O) groups excluding carboxylic acids is 2. The molecule has 0 aromatic carbocycles. The lowest BCUT2D eigenvalue weighted by Crippen LogP contribution is -2.21. The Hall–Kier alpha value is -1.44. The Bertz CT molecular complexity index is 683. The van der Waals surface area contributed by atoms with Crippen molar-refractivity contribution in [3.63, 3.8) is 0 Å². The van der Waals surface area contributed by atoms with Gasteiger partial charge in [0.1, 0.15) is 5.78 Å². The first-order valence-electron chi connectivity index (χ1n) is 10.6. The minimum Gasteiger partial charge on any atom is -0.299 e. The molecule has 2 rings (SSSR count). The van der Waals surface area contributed by atoms with Crippen LogP contribution in [-0.4, -0.2) is 11.6 Å². The summed E-state index contributed by atoms with van der Waals surface area (Å²) >= 11 is 0. The summed E-state index contributed by atoms with van der Waals surface area (Å²) < 4.78 is 0. The van der Waals surface area contributed by atoms with Gasteiger partial charge >= 0.3 is 0 Å². The summed E-state index contributed by atoms with van der Waals surface area (Å²) in [4.78, 5) is 24.7. The van der Waals surface area contributed by atoms with Crippen molar-refractivity contribution in [2.24, 2.45) is 10.8 Å². The van der Waals surface area contributed by atoms with Crippen molar-refractivity contribution >= 4 is 11.6 Å². The molecule has 0 unspecified atom stereocenters. The zero-order chi connectivity index (χ0) is 20.2. The molecule has 2 nitrogen and oxygen atoms in total. The van der Waals surface area contributed by atoms with Gasteiger partial charge in [-0.15, -0.1) is 0 Å². The average Bonchev–Trinajstić information content (AvgIpc) is 2.52. The topological polar surface area (TPSA) is 34.1 Å². The molecule has 0 fully saturated rings. The molecule has 0 heterocycles. The molecule has 2 aliphatic rings. The molecule has 0 saturated carbocycles. The number of rotatable bonds is 7. The Kier molecular flexibility index (Phi) is 7.05. The van der Waals surface area contributed by atoms with Crippen LogP contribution in [0.15, 0.2) is 34.4 Å². The summed E-state index contributed by atoms with van der Waals surface area (Å²) in [6.45, 7) is 13.4. The lowest BCUT2D eigenvalue weighted by Gasteiger charge is -2.34. The summed E-state index contributed by atoms with van der Waals surface area (Å²) in [6, 6.07) is 0. The number of carbonyl (C=O) groups is 2. The molecular weight excluding hydrogens is 332 g/mol. The van der Waals surface area contributed by atoms with Crippen LogP contribution in [0.3, 0.4) is 0 Å². The van der Waals surface area contributed by atoms with Gasteiger partial charge in [-0.2, -0.15) is 0 Å². The van der Waals surface area contributed by atoms with Gasteiger partial charge in [-0.25, -0.2) is 0 Å². The molecule has 0 radical (unpaired) electrons. The summed E-state index contributed by atoms with van der Waals surface area (Å²) in [5.74, 6) is 0.00945. The molecule has 2 heteroatoms. The minimum absolute atomic E-state index is 0.0377.